The molecule has 0 unspecified atom stereocenters. The highest BCUT2D eigenvalue weighted by Crippen LogP contribution is 2.28. The first-order valence-electron chi connectivity index (χ1n) is 8.02. The quantitative estimate of drug-likeness (QED) is 0.400. The van der Waals surface area contributed by atoms with E-state index in [2.05, 4.69) is 27.0 Å². The lowest BCUT2D eigenvalue weighted by Crippen LogP contribution is -2.41. The van der Waals surface area contributed by atoms with Crippen LogP contribution in [-0.2, 0) is 11.3 Å². The van der Waals surface area contributed by atoms with Crippen LogP contribution < -0.4 is 16.0 Å². The Morgan fingerprint density at radius 3 is 2.52 bits per heavy atom. The van der Waals surface area contributed by atoms with Gasteiger partial charge in [0.1, 0.15) is 0 Å². The number of carbonyl (C=O) groups is 1. The van der Waals surface area contributed by atoms with Crippen molar-refractivity contribution in [1.29, 1.82) is 5.26 Å². The summed E-state index contributed by atoms with van der Waals surface area (Å²) in [5.41, 5.74) is 1.69. The second-order valence-corrected chi connectivity index (χ2v) is 5.50. The zero-order valence-electron chi connectivity index (χ0n) is 13.4. The second-order valence-electron chi connectivity index (χ2n) is 5.50. The van der Waals surface area contributed by atoms with Gasteiger partial charge in [-0.1, -0.05) is 12.1 Å². The molecule has 1 fully saturated rings. The van der Waals surface area contributed by atoms with E-state index in [0.29, 0.717) is 25.2 Å². The number of amides is 1. The van der Waals surface area contributed by atoms with Gasteiger partial charge < -0.3 is 16.0 Å². The Labute approximate surface area is 137 Å². The molecule has 1 amide bonds. The Hall–Kier alpha value is -2.55. The average molecular weight is 313 g/mol. The summed E-state index contributed by atoms with van der Waals surface area (Å²) in [5, 5.41) is 18.1. The van der Waals surface area contributed by atoms with E-state index in [1.54, 1.807) is 12.1 Å². The van der Waals surface area contributed by atoms with Crippen LogP contribution in [0.15, 0.2) is 29.3 Å². The highest BCUT2D eigenvalue weighted by Gasteiger charge is 2.28. The van der Waals surface area contributed by atoms with Crippen LogP contribution in [0.1, 0.15) is 30.9 Å². The van der Waals surface area contributed by atoms with E-state index in [9.17, 15) is 4.79 Å². The number of nitrogens with zero attached hydrogens (tertiary/aromatic N) is 2. The molecule has 2 rings (SSSR count). The lowest BCUT2D eigenvalue weighted by Gasteiger charge is -2.11. The summed E-state index contributed by atoms with van der Waals surface area (Å²) in [6.07, 6.45) is 2.04. The predicted molar refractivity (Wildman–Crippen MR) is 89.7 cm³/mol. The molecule has 23 heavy (non-hydrogen) atoms. The second kappa shape index (κ2) is 8.79. The summed E-state index contributed by atoms with van der Waals surface area (Å²) < 4.78 is 0. The van der Waals surface area contributed by atoms with Crippen LogP contribution in [0.2, 0.25) is 0 Å². The van der Waals surface area contributed by atoms with E-state index in [1.807, 2.05) is 19.1 Å². The van der Waals surface area contributed by atoms with Crippen molar-refractivity contribution in [2.75, 3.05) is 19.6 Å². The molecule has 3 N–H and O–H groups in total. The van der Waals surface area contributed by atoms with Crippen LogP contribution in [-0.4, -0.2) is 31.5 Å². The number of benzene rings is 1. The molecule has 1 aliphatic rings. The topological polar surface area (TPSA) is 89.3 Å². The first-order valence-corrected chi connectivity index (χ1v) is 8.02. The molecule has 0 aromatic heterocycles. The van der Waals surface area contributed by atoms with Crippen LogP contribution in [0.3, 0.4) is 0 Å². The number of carbonyl (C=O) groups excluding carboxylic acids is 1. The third-order valence-electron chi connectivity index (χ3n) is 3.51. The van der Waals surface area contributed by atoms with Gasteiger partial charge in [-0.25, -0.2) is 4.99 Å². The number of guanidine groups is 1. The molecule has 0 bridgehead atoms. The minimum atomic E-state index is 0.159. The maximum absolute atomic E-state index is 11.5. The highest BCUT2D eigenvalue weighted by atomic mass is 16.2. The standard InChI is InChI=1S/C17H23N5O/c1-2-19-17(21-10-9-20-16(23)15-7-8-15)22-12-14-5-3-13(11-18)4-6-14/h3-6,15H,2,7-10,12H2,1H3,(H,20,23)(H2,19,21,22). The highest BCUT2D eigenvalue weighted by molar-refractivity contribution is 5.81. The molecule has 0 atom stereocenters. The lowest BCUT2D eigenvalue weighted by molar-refractivity contribution is -0.122. The van der Waals surface area contributed by atoms with Gasteiger partial charge in [-0.05, 0) is 37.5 Å². The molecule has 1 aliphatic carbocycles. The van der Waals surface area contributed by atoms with E-state index in [-0.39, 0.29) is 11.8 Å². The van der Waals surface area contributed by atoms with Crippen molar-refractivity contribution in [2.45, 2.75) is 26.3 Å². The fourth-order valence-electron chi connectivity index (χ4n) is 2.05. The number of nitriles is 1. The van der Waals surface area contributed by atoms with Crippen LogP contribution in [0.25, 0.3) is 0 Å². The first kappa shape index (κ1) is 16.8. The average Bonchev–Trinajstić information content (AvgIpc) is 3.41. The Balaban J connectivity index is 1.76. The Morgan fingerprint density at radius 1 is 1.22 bits per heavy atom. The molecule has 0 saturated heterocycles. The number of nitrogens with one attached hydrogen (secondary N) is 3. The van der Waals surface area contributed by atoms with E-state index in [1.165, 1.54) is 0 Å². The fourth-order valence-corrected chi connectivity index (χ4v) is 2.05. The van der Waals surface area contributed by atoms with E-state index in [4.69, 9.17) is 5.26 Å². The largest absolute Gasteiger partial charge is 0.357 e. The van der Waals surface area contributed by atoms with Crippen molar-refractivity contribution in [1.82, 2.24) is 16.0 Å². The molecule has 0 radical (unpaired) electrons. The van der Waals surface area contributed by atoms with Crippen molar-refractivity contribution < 1.29 is 4.79 Å². The van der Waals surface area contributed by atoms with Crippen molar-refractivity contribution in [3.05, 3.63) is 35.4 Å². The fraction of sp³-hybridized carbons (Fsp3) is 0.471. The molecule has 1 saturated carbocycles. The van der Waals surface area contributed by atoms with Gasteiger partial charge in [0, 0.05) is 25.6 Å². The van der Waals surface area contributed by atoms with Gasteiger partial charge in [0.15, 0.2) is 5.96 Å². The molecule has 1 aromatic rings. The van der Waals surface area contributed by atoms with Crippen LogP contribution >= 0.6 is 0 Å². The third-order valence-corrected chi connectivity index (χ3v) is 3.51. The van der Waals surface area contributed by atoms with E-state index < -0.39 is 0 Å². The molecule has 0 aliphatic heterocycles. The number of aliphatic imine (C=N–C) groups is 1. The molecular weight excluding hydrogens is 290 g/mol. The van der Waals surface area contributed by atoms with Gasteiger partial charge in [-0.15, -0.1) is 0 Å². The van der Waals surface area contributed by atoms with Crippen molar-refractivity contribution in [3.8, 4) is 6.07 Å². The van der Waals surface area contributed by atoms with Gasteiger partial charge in [0.25, 0.3) is 0 Å². The number of hydrogen-bond acceptors (Lipinski definition) is 3. The van der Waals surface area contributed by atoms with E-state index in [0.717, 1.165) is 30.9 Å². The Kier molecular flexibility index (Phi) is 6.42. The maximum Gasteiger partial charge on any atom is 0.223 e. The van der Waals surface area contributed by atoms with Gasteiger partial charge in [0.2, 0.25) is 5.91 Å². The minimum absolute atomic E-state index is 0.159. The molecule has 0 spiro atoms. The number of rotatable bonds is 7. The lowest BCUT2D eigenvalue weighted by atomic mass is 10.1. The van der Waals surface area contributed by atoms with Crippen molar-refractivity contribution >= 4 is 11.9 Å². The molecule has 6 nitrogen and oxygen atoms in total. The van der Waals surface area contributed by atoms with Gasteiger partial charge in [-0.2, -0.15) is 5.26 Å². The normalized spacial score (nSPS) is 14.0. The van der Waals surface area contributed by atoms with Gasteiger partial charge in [0.05, 0.1) is 18.2 Å². The summed E-state index contributed by atoms with van der Waals surface area (Å²) in [6, 6.07) is 9.49. The van der Waals surface area contributed by atoms with Gasteiger partial charge >= 0.3 is 0 Å². The zero-order chi connectivity index (χ0) is 16.5. The number of hydrogen-bond donors (Lipinski definition) is 3. The summed E-state index contributed by atoms with van der Waals surface area (Å²) in [5.74, 6) is 1.12. The monoisotopic (exact) mass is 313 g/mol. The molecule has 1 aromatic carbocycles. The molecule has 122 valence electrons. The van der Waals surface area contributed by atoms with Crippen LogP contribution in [0.4, 0.5) is 0 Å². The first-order chi connectivity index (χ1) is 11.2. The van der Waals surface area contributed by atoms with E-state index >= 15 is 0 Å². The SMILES string of the molecule is CCNC(=NCc1ccc(C#N)cc1)NCCNC(=O)C1CC1. The Morgan fingerprint density at radius 2 is 1.91 bits per heavy atom. The summed E-state index contributed by atoms with van der Waals surface area (Å²) in [6.45, 7) is 4.55. The summed E-state index contributed by atoms with van der Waals surface area (Å²) in [4.78, 5) is 16.0. The van der Waals surface area contributed by atoms with Crippen molar-refractivity contribution in [3.63, 3.8) is 0 Å². The van der Waals surface area contributed by atoms with Crippen LogP contribution in [0.5, 0.6) is 0 Å². The molecule has 6 heteroatoms. The zero-order valence-corrected chi connectivity index (χ0v) is 13.4. The minimum Gasteiger partial charge on any atom is -0.357 e. The molecular formula is C17H23N5O. The maximum atomic E-state index is 11.5. The molecule has 0 heterocycles. The Bertz CT molecular complexity index is 584. The third kappa shape index (κ3) is 5.99. The van der Waals surface area contributed by atoms with Gasteiger partial charge in [-0.3, -0.25) is 4.79 Å². The van der Waals surface area contributed by atoms with Crippen molar-refractivity contribution in [2.24, 2.45) is 10.9 Å². The summed E-state index contributed by atoms with van der Waals surface area (Å²) >= 11 is 0. The summed E-state index contributed by atoms with van der Waals surface area (Å²) in [7, 11) is 0. The smallest absolute Gasteiger partial charge is 0.223 e. The predicted octanol–water partition coefficient (Wildman–Crippen LogP) is 1.14. The van der Waals surface area contributed by atoms with Crippen LogP contribution in [0, 0.1) is 17.2 Å².